The Morgan fingerprint density at radius 2 is 1.89 bits per heavy atom. The summed E-state index contributed by atoms with van der Waals surface area (Å²) in [7, 11) is 1.82. The molecule has 0 radical (unpaired) electrons. The number of nitrogens with zero attached hydrogens (tertiary/aromatic N) is 4. The largest absolute Gasteiger partial charge is 0.486 e. The Labute approximate surface area is 159 Å². The molecule has 142 valence electrons. The average Bonchev–Trinajstić information content (AvgIpc) is 2.75. The van der Waals surface area contributed by atoms with Crippen LogP contribution in [0.4, 0.5) is 5.82 Å². The molecule has 1 atom stereocenters. The van der Waals surface area contributed by atoms with Crippen LogP contribution in [0.15, 0.2) is 53.7 Å². The summed E-state index contributed by atoms with van der Waals surface area (Å²) >= 11 is 0. The van der Waals surface area contributed by atoms with E-state index in [2.05, 4.69) is 31.2 Å². The van der Waals surface area contributed by atoms with Gasteiger partial charge in [-0.15, -0.1) is 0 Å². The third kappa shape index (κ3) is 4.07. The van der Waals surface area contributed by atoms with E-state index < -0.39 is 0 Å². The Bertz CT molecular complexity index is 775. The number of pyridine rings is 1. The number of benzene rings is 1. The van der Waals surface area contributed by atoms with E-state index in [4.69, 9.17) is 9.47 Å². The van der Waals surface area contributed by atoms with Gasteiger partial charge in [-0.05, 0) is 24.3 Å². The number of guanidine groups is 1. The summed E-state index contributed by atoms with van der Waals surface area (Å²) in [5, 5.41) is 3.43. The zero-order valence-electron chi connectivity index (χ0n) is 15.5. The highest BCUT2D eigenvalue weighted by molar-refractivity contribution is 5.80. The molecule has 4 rings (SSSR count). The lowest BCUT2D eigenvalue weighted by atomic mass is 10.2. The lowest BCUT2D eigenvalue weighted by Crippen LogP contribution is -2.54. The summed E-state index contributed by atoms with van der Waals surface area (Å²) in [4.78, 5) is 13.5. The van der Waals surface area contributed by atoms with Crippen LogP contribution in [0, 0.1) is 0 Å². The second-order valence-electron chi connectivity index (χ2n) is 6.59. The van der Waals surface area contributed by atoms with Crippen LogP contribution in [0.1, 0.15) is 0 Å². The highest BCUT2D eigenvalue weighted by Gasteiger charge is 2.23. The van der Waals surface area contributed by atoms with Gasteiger partial charge in [-0.25, -0.2) is 4.98 Å². The number of para-hydroxylation sites is 2. The number of aromatic nitrogens is 1. The summed E-state index contributed by atoms with van der Waals surface area (Å²) < 4.78 is 11.8. The first-order valence-electron chi connectivity index (χ1n) is 9.33. The molecule has 1 unspecified atom stereocenters. The number of rotatable bonds is 3. The van der Waals surface area contributed by atoms with Gasteiger partial charge in [0.15, 0.2) is 17.5 Å². The number of piperazine rings is 1. The fourth-order valence-corrected chi connectivity index (χ4v) is 3.39. The summed E-state index contributed by atoms with van der Waals surface area (Å²) in [6, 6.07) is 13.8. The molecular weight excluding hydrogens is 342 g/mol. The molecule has 1 fully saturated rings. The van der Waals surface area contributed by atoms with Gasteiger partial charge in [-0.3, -0.25) is 4.99 Å². The molecule has 0 spiro atoms. The van der Waals surface area contributed by atoms with Crippen molar-refractivity contribution in [3.63, 3.8) is 0 Å². The summed E-state index contributed by atoms with van der Waals surface area (Å²) in [5.41, 5.74) is 0. The van der Waals surface area contributed by atoms with Crippen molar-refractivity contribution in [2.45, 2.75) is 6.10 Å². The predicted octanol–water partition coefficient (Wildman–Crippen LogP) is 1.62. The molecule has 2 aliphatic rings. The van der Waals surface area contributed by atoms with Crippen LogP contribution in [-0.4, -0.2) is 68.3 Å². The minimum Gasteiger partial charge on any atom is -0.486 e. The van der Waals surface area contributed by atoms with Crippen LogP contribution in [0.2, 0.25) is 0 Å². The zero-order valence-corrected chi connectivity index (χ0v) is 15.5. The number of nitrogens with one attached hydrogen (secondary N) is 1. The van der Waals surface area contributed by atoms with E-state index in [1.54, 1.807) is 0 Å². The standard InChI is InChI=1S/C20H25N5O2/c1-21-20(23-14-16-15-26-17-6-2-3-7-18(17)27-16)25-12-10-24(11-13-25)19-8-4-5-9-22-19/h2-9,16H,10-15H2,1H3,(H,21,23). The second kappa shape index (κ2) is 8.16. The molecule has 27 heavy (non-hydrogen) atoms. The molecule has 2 aliphatic heterocycles. The van der Waals surface area contributed by atoms with Crippen LogP contribution < -0.4 is 19.7 Å². The summed E-state index contributed by atoms with van der Waals surface area (Å²) in [6.45, 7) is 4.85. The molecule has 1 N–H and O–H groups in total. The Balaban J connectivity index is 1.28. The molecule has 7 nitrogen and oxygen atoms in total. The molecule has 7 heteroatoms. The van der Waals surface area contributed by atoms with E-state index in [-0.39, 0.29) is 6.10 Å². The van der Waals surface area contributed by atoms with Gasteiger partial charge in [-0.2, -0.15) is 0 Å². The molecule has 0 aliphatic carbocycles. The number of hydrogen-bond donors (Lipinski definition) is 1. The lowest BCUT2D eigenvalue weighted by molar-refractivity contribution is 0.0930. The van der Waals surface area contributed by atoms with E-state index >= 15 is 0 Å². The third-order valence-corrected chi connectivity index (χ3v) is 4.82. The smallest absolute Gasteiger partial charge is 0.193 e. The Morgan fingerprint density at radius 1 is 1.11 bits per heavy atom. The van der Waals surface area contributed by atoms with Gasteiger partial charge >= 0.3 is 0 Å². The van der Waals surface area contributed by atoms with Crippen LogP contribution in [0.5, 0.6) is 11.5 Å². The van der Waals surface area contributed by atoms with Gasteiger partial charge in [0.05, 0.1) is 6.54 Å². The number of anilines is 1. The highest BCUT2D eigenvalue weighted by atomic mass is 16.6. The van der Waals surface area contributed by atoms with Crippen LogP contribution >= 0.6 is 0 Å². The monoisotopic (exact) mass is 367 g/mol. The minimum absolute atomic E-state index is 0.0357. The fourth-order valence-electron chi connectivity index (χ4n) is 3.39. The lowest BCUT2D eigenvalue weighted by Gasteiger charge is -2.37. The second-order valence-corrected chi connectivity index (χ2v) is 6.59. The fraction of sp³-hybridized carbons (Fsp3) is 0.400. The molecular formula is C20H25N5O2. The van der Waals surface area contributed by atoms with E-state index in [0.29, 0.717) is 13.2 Å². The highest BCUT2D eigenvalue weighted by Crippen LogP contribution is 2.30. The molecule has 0 bridgehead atoms. The molecule has 0 saturated carbocycles. The van der Waals surface area contributed by atoms with Gasteiger partial charge in [0.1, 0.15) is 18.5 Å². The minimum atomic E-state index is -0.0357. The van der Waals surface area contributed by atoms with Gasteiger partial charge < -0.3 is 24.6 Å². The van der Waals surface area contributed by atoms with E-state index in [1.807, 2.05) is 49.6 Å². The van der Waals surface area contributed by atoms with Gasteiger partial charge in [0.25, 0.3) is 0 Å². The van der Waals surface area contributed by atoms with Crippen molar-refractivity contribution in [1.82, 2.24) is 15.2 Å². The van der Waals surface area contributed by atoms with Crippen LogP contribution in [-0.2, 0) is 0 Å². The topological polar surface area (TPSA) is 62.2 Å². The Morgan fingerprint density at radius 3 is 2.63 bits per heavy atom. The molecule has 3 heterocycles. The van der Waals surface area contributed by atoms with Gasteiger partial charge in [-0.1, -0.05) is 18.2 Å². The molecule has 2 aromatic rings. The maximum absolute atomic E-state index is 6.01. The van der Waals surface area contributed by atoms with Crippen molar-refractivity contribution in [3.8, 4) is 11.5 Å². The number of ether oxygens (including phenoxy) is 2. The molecule has 0 amide bonds. The molecule has 1 aromatic heterocycles. The van der Waals surface area contributed by atoms with Crippen molar-refractivity contribution in [2.24, 2.45) is 4.99 Å². The quantitative estimate of drug-likeness (QED) is 0.657. The van der Waals surface area contributed by atoms with E-state index in [9.17, 15) is 0 Å². The Hall–Kier alpha value is -2.96. The van der Waals surface area contributed by atoms with Crippen molar-refractivity contribution in [3.05, 3.63) is 48.7 Å². The van der Waals surface area contributed by atoms with Crippen LogP contribution in [0.3, 0.4) is 0 Å². The summed E-state index contributed by atoms with van der Waals surface area (Å²) in [6.07, 6.45) is 1.80. The summed E-state index contributed by atoms with van der Waals surface area (Å²) in [5.74, 6) is 3.54. The first kappa shape index (κ1) is 17.5. The number of aliphatic imine (C=N–C) groups is 1. The van der Waals surface area contributed by atoms with Crippen LogP contribution in [0.25, 0.3) is 0 Å². The normalized spacial score (nSPS) is 19.7. The van der Waals surface area contributed by atoms with Crippen molar-refractivity contribution in [1.29, 1.82) is 0 Å². The predicted molar refractivity (Wildman–Crippen MR) is 106 cm³/mol. The third-order valence-electron chi connectivity index (χ3n) is 4.82. The SMILES string of the molecule is CN=C(NCC1COc2ccccc2O1)N1CCN(c2ccccn2)CC1. The maximum atomic E-state index is 6.01. The first-order chi connectivity index (χ1) is 13.3. The van der Waals surface area contributed by atoms with Gasteiger partial charge in [0, 0.05) is 39.4 Å². The molecule has 1 aromatic carbocycles. The van der Waals surface area contributed by atoms with Crippen molar-refractivity contribution < 1.29 is 9.47 Å². The Kier molecular flexibility index (Phi) is 5.27. The number of hydrogen-bond acceptors (Lipinski definition) is 5. The van der Waals surface area contributed by atoms with Gasteiger partial charge in [0.2, 0.25) is 0 Å². The maximum Gasteiger partial charge on any atom is 0.193 e. The van der Waals surface area contributed by atoms with Crippen molar-refractivity contribution in [2.75, 3.05) is 51.3 Å². The van der Waals surface area contributed by atoms with Crippen molar-refractivity contribution >= 4 is 11.8 Å². The number of fused-ring (bicyclic) bond motifs is 1. The van der Waals surface area contributed by atoms with E-state index in [1.165, 1.54) is 0 Å². The first-order valence-corrected chi connectivity index (χ1v) is 9.33. The average molecular weight is 367 g/mol. The molecule has 1 saturated heterocycles. The van der Waals surface area contributed by atoms with E-state index in [0.717, 1.165) is 49.5 Å². The zero-order chi connectivity index (χ0) is 18.5.